The van der Waals surface area contributed by atoms with Crippen LogP contribution in [0, 0.1) is 0 Å². The molecule has 0 aliphatic heterocycles. The van der Waals surface area contributed by atoms with E-state index in [1.54, 1.807) is 23.7 Å². The molecule has 3 aromatic heterocycles. The molecule has 26 heavy (non-hydrogen) atoms. The number of thiophene rings is 1. The van der Waals surface area contributed by atoms with Gasteiger partial charge in [0.2, 0.25) is 5.91 Å². The summed E-state index contributed by atoms with van der Waals surface area (Å²) in [4.78, 5) is 17.6. The zero-order valence-electron chi connectivity index (χ0n) is 14.3. The van der Waals surface area contributed by atoms with E-state index >= 15 is 0 Å². The van der Waals surface area contributed by atoms with E-state index in [0.29, 0.717) is 12.6 Å². The third-order valence-electron chi connectivity index (χ3n) is 4.18. The summed E-state index contributed by atoms with van der Waals surface area (Å²) in [5.74, 6) is 0.864. The van der Waals surface area contributed by atoms with Crippen molar-refractivity contribution in [2.75, 3.05) is 0 Å². The largest absolute Gasteiger partial charge is 0.350 e. The van der Waals surface area contributed by atoms with Gasteiger partial charge in [0.05, 0.1) is 11.8 Å². The van der Waals surface area contributed by atoms with Gasteiger partial charge in [-0.1, -0.05) is 17.8 Å². The molecule has 1 atom stereocenters. The van der Waals surface area contributed by atoms with Crippen molar-refractivity contribution in [3.8, 4) is 11.4 Å². The summed E-state index contributed by atoms with van der Waals surface area (Å²) in [6.07, 6.45) is 5.77. The summed E-state index contributed by atoms with van der Waals surface area (Å²) >= 11 is 3.11. The van der Waals surface area contributed by atoms with Gasteiger partial charge >= 0.3 is 0 Å². The molecule has 0 radical (unpaired) electrons. The van der Waals surface area contributed by atoms with Crippen LogP contribution in [0.3, 0.4) is 0 Å². The molecule has 3 heterocycles. The molecule has 4 rings (SSSR count). The topological polar surface area (TPSA) is 72.7 Å². The third kappa shape index (κ3) is 3.81. The second-order valence-electron chi connectivity index (χ2n) is 6.20. The number of amides is 1. The second-order valence-corrected chi connectivity index (χ2v) is 8.54. The number of aromatic nitrogens is 4. The van der Waals surface area contributed by atoms with Crippen LogP contribution in [0.5, 0.6) is 0 Å². The predicted octanol–water partition coefficient (Wildman–Crippen LogP) is 3.53. The second kappa shape index (κ2) is 7.59. The van der Waals surface area contributed by atoms with Gasteiger partial charge in [0.1, 0.15) is 0 Å². The van der Waals surface area contributed by atoms with Crippen LogP contribution in [0.25, 0.3) is 11.4 Å². The van der Waals surface area contributed by atoms with Gasteiger partial charge in [0, 0.05) is 28.9 Å². The number of thioether (sulfide) groups is 1. The molecule has 1 fully saturated rings. The van der Waals surface area contributed by atoms with E-state index in [1.807, 2.05) is 36.6 Å². The maximum Gasteiger partial charge on any atom is 0.233 e. The maximum atomic E-state index is 12.4. The molecule has 6 nitrogen and oxygen atoms in total. The zero-order valence-corrected chi connectivity index (χ0v) is 16.0. The standard InChI is InChI=1S/C18H19N5OS2/c1-12(17(24)20-11-15-3-2-10-25-15)26-18-22-21-16(23(18)14-4-5-14)13-6-8-19-9-7-13/h2-3,6-10,12,14H,4-5,11H2,1H3,(H,20,24)/t12-/m0/s1. The Morgan fingerprint density at radius 1 is 1.35 bits per heavy atom. The summed E-state index contributed by atoms with van der Waals surface area (Å²) in [7, 11) is 0. The monoisotopic (exact) mass is 385 g/mol. The van der Waals surface area contributed by atoms with Crippen LogP contribution in [0.1, 0.15) is 30.7 Å². The minimum Gasteiger partial charge on any atom is -0.350 e. The molecular formula is C18H19N5OS2. The van der Waals surface area contributed by atoms with E-state index < -0.39 is 0 Å². The highest BCUT2D eigenvalue weighted by Gasteiger charge is 2.31. The molecule has 0 unspecified atom stereocenters. The Morgan fingerprint density at radius 2 is 2.15 bits per heavy atom. The van der Waals surface area contributed by atoms with Crippen molar-refractivity contribution in [3.63, 3.8) is 0 Å². The van der Waals surface area contributed by atoms with Crippen molar-refractivity contribution in [2.24, 2.45) is 0 Å². The average Bonchev–Trinajstić information content (AvgIpc) is 3.20. The maximum absolute atomic E-state index is 12.4. The molecule has 0 spiro atoms. The molecule has 1 saturated carbocycles. The molecule has 1 aliphatic carbocycles. The molecule has 8 heteroatoms. The molecule has 0 aromatic carbocycles. The number of nitrogens with zero attached hydrogens (tertiary/aromatic N) is 4. The zero-order chi connectivity index (χ0) is 17.9. The Morgan fingerprint density at radius 3 is 2.85 bits per heavy atom. The summed E-state index contributed by atoms with van der Waals surface area (Å²) in [5.41, 5.74) is 1.00. The van der Waals surface area contributed by atoms with Crippen LogP contribution in [0.4, 0.5) is 0 Å². The predicted molar refractivity (Wildman–Crippen MR) is 103 cm³/mol. The minimum atomic E-state index is -0.234. The molecule has 0 bridgehead atoms. The first-order valence-electron chi connectivity index (χ1n) is 8.54. The van der Waals surface area contributed by atoms with Crippen molar-refractivity contribution in [2.45, 2.75) is 42.8 Å². The van der Waals surface area contributed by atoms with Gasteiger partial charge in [0.15, 0.2) is 11.0 Å². The van der Waals surface area contributed by atoms with E-state index in [2.05, 4.69) is 25.1 Å². The van der Waals surface area contributed by atoms with Gasteiger partial charge in [0.25, 0.3) is 0 Å². The summed E-state index contributed by atoms with van der Waals surface area (Å²) < 4.78 is 2.17. The quantitative estimate of drug-likeness (QED) is 0.630. The number of carbonyl (C=O) groups is 1. The first kappa shape index (κ1) is 17.2. The van der Waals surface area contributed by atoms with E-state index in [4.69, 9.17) is 0 Å². The molecule has 0 saturated heterocycles. The first-order valence-corrected chi connectivity index (χ1v) is 10.3. The fraction of sp³-hybridized carbons (Fsp3) is 0.333. The van der Waals surface area contributed by atoms with Crippen molar-refractivity contribution >= 4 is 29.0 Å². The van der Waals surface area contributed by atoms with Gasteiger partial charge < -0.3 is 5.32 Å². The van der Waals surface area contributed by atoms with Crippen LogP contribution >= 0.6 is 23.1 Å². The Kier molecular flexibility index (Phi) is 5.03. The lowest BCUT2D eigenvalue weighted by molar-refractivity contribution is -0.120. The highest BCUT2D eigenvalue weighted by Crippen LogP contribution is 2.41. The molecule has 3 aromatic rings. The Bertz CT molecular complexity index is 874. The lowest BCUT2D eigenvalue weighted by Gasteiger charge is -2.13. The van der Waals surface area contributed by atoms with Crippen molar-refractivity contribution < 1.29 is 4.79 Å². The highest BCUT2D eigenvalue weighted by molar-refractivity contribution is 8.00. The summed E-state index contributed by atoms with van der Waals surface area (Å²) in [5, 5.41) is 14.3. The fourth-order valence-electron chi connectivity index (χ4n) is 2.66. The van der Waals surface area contributed by atoms with Crippen molar-refractivity contribution in [3.05, 3.63) is 46.9 Å². The Labute approximate surface area is 160 Å². The number of nitrogens with one attached hydrogen (secondary N) is 1. The van der Waals surface area contributed by atoms with Crippen LogP contribution < -0.4 is 5.32 Å². The average molecular weight is 386 g/mol. The lowest BCUT2D eigenvalue weighted by atomic mass is 10.2. The van der Waals surface area contributed by atoms with Gasteiger partial charge in [-0.3, -0.25) is 14.3 Å². The lowest BCUT2D eigenvalue weighted by Crippen LogP contribution is -2.30. The van der Waals surface area contributed by atoms with Gasteiger partial charge in [-0.2, -0.15) is 0 Å². The summed E-state index contributed by atoms with van der Waals surface area (Å²) in [6, 6.07) is 8.32. The fourth-order valence-corrected chi connectivity index (χ4v) is 4.25. The molecule has 1 amide bonds. The molecule has 134 valence electrons. The molecule has 1 aliphatic rings. The highest BCUT2D eigenvalue weighted by atomic mass is 32.2. The first-order chi connectivity index (χ1) is 12.7. The van der Waals surface area contributed by atoms with Crippen LogP contribution in [-0.2, 0) is 11.3 Å². The number of rotatable bonds is 7. The van der Waals surface area contributed by atoms with Crippen LogP contribution in [-0.4, -0.2) is 30.9 Å². The van der Waals surface area contributed by atoms with Crippen molar-refractivity contribution in [1.29, 1.82) is 0 Å². The van der Waals surface area contributed by atoms with E-state index in [-0.39, 0.29) is 11.2 Å². The Hall–Kier alpha value is -2.19. The van der Waals surface area contributed by atoms with E-state index in [0.717, 1.165) is 34.3 Å². The summed E-state index contributed by atoms with van der Waals surface area (Å²) in [6.45, 7) is 2.48. The van der Waals surface area contributed by atoms with Crippen molar-refractivity contribution in [1.82, 2.24) is 25.1 Å². The number of pyridine rings is 1. The van der Waals surface area contributed by atoms with Gasteiger partial charge in [-0.25, -0.2) is 0 Å². The van der Waals surface area contributed by atoms with Gasteiger partial charge in [-0.05, 0) is 43.3 Å². The van der Waals surface area contributed by atoms with E-state index in [9.17, 15) is 4.79 Å². The Balaban J connectivity index is 1.47. The van der Waals surface area contributed by atoms with E-state index in [1.165, 1.54) is 11.8 Å². The SMILES string of the molecule is C[C@H](Sc1nnc(-c2ccncc2)n1C1CC1)C(=O)NCc1cccs1. The van der Waals surface area contributed by atoms with Gasteiger partial charge in [-0.15, -0.1) is 21.5 Å². The van der Waals surface area contributed by atoms with Crippen LogP contribution in [0.2, 0.25) is 0 Å². The molecular weight excluding hydrogens is 366 g/mol. The normalized spacial score (nSPS) is 15.0. The number of hydrogen-bond donors (Lipinski definition) is 1. The van der Waals surface area contributed by atoms with Crippen LogP contribution in [0.15, 0.2) is 47.2 Å². The smallest absolute Gasteiger partial charge is 0.233 e. The number of hydrogen-bond acceptors (Lipinski definition) is 6. The third-order valence-corrected chi connectivity index (χ3v) is 6.12. The number of carbonyl (C=O) groups excluding carboxylic acids is 1. The molecule has 1 N–H and O–H groups in total. The minimum absolute atomic E-state index is 0.0132.